The van der Waals surface area contributed by atoms with Crippen LogP contribution >= 0.6 is 0 Å². The molecule has 1 rings (SSSR count). The van der Waals surface area contributed by atoms with Crippen molar-refractivity contribution in [2.45, 2.75) is 19.4 Å². The highest BCUT2D eigenvalue weighted by Crippen LogP contribution is 2.22. The maximum absolute atomic E-state index is 13.7. The Balaban J connectivity index is 2.87. The molecule has 2 nitrogen and oxygen atoms in total. The first-order valence-corrected chi connectivity index (χ1v) is 5.42. The lowest BCUT2D eigenvalue weighted by Crippen LogP contribution is -2.21. The molecule has 1 aromatic carbocycles. The van der Waals surface area contributed by atoms with Crippen molar-refractivity contribution in [3.8, 4) is 5.75 Å². The second-order valence-corrected chi connectivity index (χ2v) is 3.55. The number of ether oxygens (including phenoxy) is 1. The maximum atomic E-state index is 13.7. The first kappa shape index (κ1) is 12.7. The molecule has 3 heteroatoms. The minimum atomic E-state index is -0.271. The number of nitrogens with one attached hydrogen (secondary N) is 1. The Morgan fingerprint density at radius 2 is 2.31 bits per heavy atom. The lowest BCUT2D eigenvalue weighted by molar-refractivity contribution is 0.410. The van der Waals surface area contributed by atoms with E-state index in [1.54, 1.807) is 18.2 Å². The van der Waals surface area contributed by atoms with Gasteiger partial charge >= 0.3 is 0 Å². The van der Waals surface area contributed by atoms with Crippen LogP contribution in [0.3, 0.4) is 0 Å². The Labute approximate surface area is 96.1 Å². The Hall–Kier alpha value is -1.35. The molecule has 0 saturated heterocycles. The van der Waals surface area contributed by atoms with Gasteiger partial charge < -0.3 is 10.1 Å². The van der Waals surface area contributed by atoms with Crippen molar-refractivity contribution >= 4 is 0 Å². The van der Waals surface area contributed by atoms with Crippen LogP contribution in [0.25, 0.3) is 0 Å². The summed E-state index contributed by atoms with van der Waals surface area (Å²) >= 11 is 0. The molecule has 16 heavy (non-hydrogen) atoms. The molecule has 0 radical (unpaired) electrons. The average molecular weight is 223 g/mol. The van der Waals surface area contributed by atoms with E-state index >= 15 is 0 Å². The van der Waals surface area contributed by atoms with Crippen molar-refractivity contribution < 1.29 is 9.13 Å². The van der Waals surface area contributed by atoms with E-state index in [4.69, 9.17) is 4.74 Å². The fourth-order valence-electron chi connectivity index (χ4n) is 1.51. The van der Waals surface area contributed by atoms with Gasteiger partial charge in [0.15, 0.2) is 0 Å². The molecule has 0 heterocycles. The van der Waals surface area contributed by atoms with Crippen molar-refractivity contribution in [1.82, 2.24) is 5.32 Å². The minimum absolute atomic E-state index is 0.147. The van der Waals surface area contributed by atoms with Crippen LogP contribution in [0.15, 0.2) is 30.9 Å². The third-order valence-electron chi connectivity index (χ3n) is 2.39. The van der Waals surface area contributed by atoms with Crippen molar-refractivity contribution in [2.24, 2.45) is 0 Å². The molecule has 0 aromatic heterocycles. The van der Waals surface area contributed by atoms with E-state index in [0.29, 0.717) is 11.3 Å². The van der Waals surface area contributed by atoms with Crippen LogP contribution in [0.5, 0.6) is 5.75 Å². The molecule has 0 aliphatic carbocycles. The molecule has 1 N–H and O–H groups in total. The van der Waals surface area contributed by atoms with Gasteiger partial charge in [-0.15, -0.1) is 6.58 Å². The highest BCUT2D eigenvalue weighted by Gasteiger charge is 2.12. The smallest absolute Gasteiger partial charge is 0.131 e. The predicted molar refractivity (Wildman–Crippen MR) is 64.2 cm³/mol. The van der Waals surface area contributed by atoms with Gasteiger partial charge in [-0.2, -0.15) is 0 Å². The van der Waals surface area contributed by atoms with E-state index in [1.807, 2.05) is 0 Å². The van der Waals surface area contributed by atoms with Gasteiger partial charge in [-0.05, 0) is 19.0 Å². The summed E-state index contributed by atoms with van der Waals surface area (Å²) in [6.45, 7) is 6.62. The van der Waals surface area contributed by atoms with Crippen molar-refractivity contribution in [1.29, 1.82) is 0 Å². The summed E-state index contributed by atoms with van der Waals surface area (Å²) in [7, 11) is 1.52. The van der Waals surface area contributed by atoms with Gasteiger partial charge in [-0.3, -0.25) is 0 Å². The second-order valence-electron chi connectivity index (χ2n) is 3.55. The van der Waals surface area contributed by atoms with E-state index in [1.165, 1.54) is 13.2 Å². The van der Waals surface area contributed by atoms with Crippen LogP contribution in [0.4, 0.5) is 4.39 Å². The normalized spacial score (nSPS) is 12.2. The van der Waals surface area contributed by atoms with Crippen LogP contribution in [-0.4, -0.2) is 13.7 Å². The monoisotopic (exact) mass is 223 g/mol. The van der Waals surface area contributed by atoms with E-state index < -0.39 is 0 Å². The summed E-state index contributed by atoms with van der Waals surface area (Å²) in [5.74, 6) is 0.257. The lowest BCUT2D eigenvalue weighted by Gasteiger charge is -2.15. The highest BCUT2D eigenvalue weighted by atomic mass is 19.1. The van der Waals surface area contributed by atoms with Gasteiger partial charge in [-0.1, -0.05) is 19.1 Å². The third kappa shape index (κ3) is 3.07. The number of methoxy groups -OCH3 is 1. The van der Waals surface area contributed by atoms with E-state index in [-0.39, 0.29) is 11.9 Å². The lowest BCUT2D eigenvalue weighted by atomic mass is 10.1. The van der Waals surface area contributed by atoms with E-state index in [0.717, 1.165) is 13.0 Å². The average Bonchev–Trinajstić information content (AvgIpc) is 2.31. The fraction of sp³-hybridized carbons (Fsp3) is 0.385. The largest absolute Gasteiger partial charge is 0.497 e. The first-order valence-electron chi connectivity index (χ1n) is 5.42. The quantitative estimate of drug-likeness (QED) is 0.748. The molecule has 0 aliphatic heterocycles. The Morgan fingerprint density at radius 1 is 1.56 bits per heavy atom. The summed E-state index contributed by atoms with van der Waals surface area (Å²) in [5.41, 5.74) is 0.601. The van der Waals surface area contributed by atoms with Crippen LogP contribution in [0.2, 0.25) is 0 Å². The van der Waals surface area contributed by atoms with Gasteiger partial charge in [0, 0.05) is 11.6 Å². The summed E-state index contributed by atoms with van der Waals surface area (Å²) in [6, 6.07) is 4.72. The maximum Gasteiger partial charge on any atom is 0.131 e. The molecular weight excluding hydrogens is 205 g/mol. The minimum Gasteiger partial charge on any atom is -0.497 e. The molecule has 0 aliphatic rings. The number of hydrogen-bond donors (Lipinski definition) is 1. The number of hydrogen-bond acceptors (Lipinski definition) is 2. The Morgan fingerprint density at radius 3 is 2.81 bits per heavy atom. The summed E-state index contributed by atoms with van der Waals surface area (Å²) in [4.78, 5) is 0. The van der Waals surface area contributed by atoms with Crippen molar-refractivity contribution in [3.63, 3.8) is 0 Å². The van der Waals surface area contributed by atoms with E-state index in [9.17, 15) is 4.39 Å². The summed E-state index contributed by atoms with van der Waals surface area (Å²) in [5, 5.41) is 3.21. The highest BCUT2D eigenvalue weighted by molar-refractivity contribution is 5.32. The Kier molecular flexibility index (Phi) is 4.99. The zero-order valence-electron chi connectivity index (χ0n) is 9.79. The fourth-order valence-corrected chi connectivity index (χ4v) is 1.51. The molecule has 0 fully saturated rings. The predicted octanol–water partition coefficient (Wildman–Crippen LogP) is 3.06. The molecule has 0 spiro atoms. The number of rotatable bonds is 6. The van der Waals surface area contributed by atoms with Gasteiger partial charge in [-0.25, -0.2) is 4.39 Å². The molecule has 1 atom stereocenters. The van der Waals surface area contributed by atoms with E-state index in [2.05, 4.69) is 18.8 Å². The van der Waals surface area contributed by atoms with Crippen molar-refractivity contribution in [2.75, 3.05) is 13.7 Å². The van der Waals surface area contributed by atoms with Gasteiger partial charge in [0.25, 0.3) is 0 Å². The molecule has 0 saturated carbocycles. The molecule has 0 bridgehead atoms. The van der Waals surface area contributed by atoms with Crippen LogP contribution < -0.4 is 10.1 Å². The van der Waals surface area contributed by atoms with Gasteiger partial charge in [0.05, 0.1) is 13.2 Å². The van der Waals surface area contributed by atoms with Crippen LogP contribution in [0, 0.1) is 5.82 Å². The molecule has 1 unspecified atom stereocenters. The Bertz CT molecular complexity index is 352. The molecule has 0 amide bonds. The van der Waals surface area contributed by atoms with Crippen molar-refractivity contribution in [3.05, 3.63) is 42.2 Å². The number of halogens is 1. The number of benzene rings is 1. The van der Waals surface area contributed by atoms with Crippen LogP contribution in [0.1, 0.15) is 24.9 Å². The molecule has 88 valence electrons. The van der Waals surface area contributed by atoms with Crippen LogP contribution in [-0.2, 0) is 0 Å². The standard InChI is InChI=1S/C13H18FNO/c1-4-8-15-13(5-2)11-7-6-10(16-3)9-12(11)14/h5-7,9,13,15H,2,4,8H2,1,3H3. The van der Waals surface area contributed by atoms with Gasteiger partial charge in [0.2, 0.25) is 0 Å². The summed E-state index contributed by atoms with van der Waals surface area (Å²) in [6.07, 6.45) is 2.71. The molecular formula is C13H18FNO. The second kappa shape index (κ2) is 6.28. The van der Waals surface area contributed by atoms with Gasteiger partial charge in [0.1, 0.15) is 11.6 Å². The first-order chi connectivity index (χ1) is 7.72. The third-order valence-corrected chi connectivity index (χ3v) is 2.39. The SMILES string of the molecule is C=CC(NCCC)c1ccc(OC)cc1F. The zero-order chi connectivity index (χ0) is 12.0. The topological polar surface area (TPSA) is 21.3 Å². The molecule has 1 aromatic rings. The summed E-state index contributed by atoms with van der Waals surface area (Å²) < 4.78 is 18.7. The zero-order valence-corrected chi connectivity index (χ0v) is 9.79.